The van der Waals surface area contributed by atoms with Gasteiger partial charge in [0, 0.05) is 24.3 Å². The van der Waals surface area contributed by atoms with Crippen LogP contribution in [0.5, 0.6) is 0 Å². The molecule has 1 aliphatic rings. The number of carbonyl (C=O) groups excluding carboxylic acids is 1. The first kappa shape index (κ1) is 19.6. The maximum atomic E-state index is 11.9. The van der Waals surface area contributed by atoms with Crippen molar-refractivity contribution in [1.82, 2.24) is 10.2 Å². The fourth-order valence-corrected chi connectivity index (χ4v) is 3.22. The van der Waals surface area contributed by atoms with Crippen LogP contribution < -0.4 is 10.6 Å². The third-order valence-corrected chi connectivity index (χ3v) is 4.24. The summed E-state index contributed by atoms with van der Waals surface area (Å²) < 4.78 is 5.34. The van der Waals surface area contributed by atoms with E-state index in [-0.39, 0.29) is 12.1 Å². The highest BCUT2D eigenvalue weighted by molar-refractivity contribution is 5.68. The summed E-state index contributed by atoms with van der Waals surface area (Å²) in [4.78, 5) is 14.0. The second kappa shape index (κ2) is 8.56. The first-order chi connectivity index (χ1) is 11.7. The Labute approximate surface area is 152 Å². The number of nitrogens with zero attached hydrogens (tertiary/aromatic N) is 1. The summed E-state index contributed by atoms with van der Waals surface area (Å²) in [5.41, 5.74) is 2.05. The zero-order valence-corrected chi connectivity index (χ0v) is 16.3. The lowest BCUT2D eigenvalue weighted by Gasteiger charge is -2.31. The average molecular weight is 348 g/mol. The van der Waals surface area contributed by atoms with E-state index >= 15 is 0 Å². The van der Waals surface area contributed by atoms with Gasteiger partial charge in [-0.3, -0.25) is 0 Å². The van der Waals surface area contributed by atoms with Crippen LogP contribution in [0, 0.1) is 0 Å². The van der Waals surface area contributed by atoms with Crippen LogP contribution in [-0.4, -0.2) is 42.8 Å². The monoisotopic (exact) mass is 347 g/mol. The lowest BCUT2D eigenvalue weighted by molar-refractivity contribution is 0.0492. The summed E-state index contributed by atoms with van der Waals surface area (Å²) in [5, 5.41) is 6.64. The molecule has 1 aliphatic carbocycles. The summed E-state index contributed by atoms with van der Waals surface area (Å²) in [6.45, 7) is 6.61. The molecule has 0 bridgehead atoms. The molecule has 0 spiro atoms. The molecule has 1 amide bonds. The summed E-state index contributed by atoms with van der Waals surface area (Å²) >= 11 is 0. The highest BCUT2D eigenvalue weighted by Crippen LogP contribution is 2.23. The van der Waals surface area contributed by atoms with Crippen molar-refractivity contribution in [2.24, 2.45) is 0 Å². The van der Waals surface area contributed by atoms with Crippen LogP contribution in [0.3, 0.4) is 0 Å². The van der Waals surface area contributed by atoms with Gasteiger partial charge in [0.15, 0.2) is 0 Å². The minimum atomic E-state index is -0.444. The first-order valence-corrected chi connectivity index (χ1v) is 9.21. The van der Waals surface area contributed by atoms with Gasteiger partial charge >= 0.3 is 6.09 Å². The summed E-state index contributed by atoms with van der Waals surface area (Å²) in [6, 6.07) is 9.30. The Hall–Kier alpha value is -1.75. The number of ether oxygens (including phenoxy) is 1. The summed E-state index contributed by atoms with van der Waals surface area (Å²) in [5.74, 6) is 0. The lowest BCUT2D eigenvalue weighted by atomic mass is 9.91. The van der Waals surface area contributed by atoms with Crippen molar-refractivity contribution in [2.45, 2.75) is 70.7 Å². The number of nitrogens with one attached hydrogen (secondary N) is 2. The van der Waals surface area contributed by atoms with Gasteiger partial charge in [-0.15, -0.1) is 0 Å². The maximum Gasteiger partial charge on any atom is 0.407 e. The fourth-order valence-electron chi connectivity index (χ4n) is 3.22. The molecule has 0 unspecified atom stereocenters. The Morgan fingerprint density at radius 1 is 1.16 bits per heavy atom. The van der Waals surface area contributed by atoms with Gasteiger partial charge in [0.25, 0.3) is 0 Å². The van der Waals surface area contributed by atoms with Gasteiger partial charge in [0.1, 0.15) is 5.60 Å². The van der Waals surface area contributed by atoms with E-state index < -0.39 is 5.60 Å². The second-order valence-corrected chi connectivity index (χ2v) is 8.28. The van der Waals surface area contributed by atoms with E-state index in [9.17, 15) is 4.79 Å². The molecule has 0 saturated heterocycles. The van der Waals surface area contributed by atoms with Gasteiger partial charge < -0.3 is 20.3 Å². The largest absolute Gasteiger partial charge is 0.444 e. The topological polar surface area (TPSA) is 53.6 Å². The molecule has 2 rings (SSSR count). The van der Waals surface area contributed by atoms with E-state index in [1.165, 1.54) is 11.3 Å². The summed E-state index contributed by atoms with van der Waals surface area (Å²) in [6.07, 6.45) is 3.76. The zero-order chi connectivity index (χ0) is 18.4. The molecular formula is C20H33N3O2. The molecular weight excluding hydrogens is 314 g/mol. The molecule has 25 heavy (non-hydrogen) atoms. The molecule has 5 heteroatoms. The van der Waals surface area contributed by atoms with Gasteiger partial charge in [-0.05, 0) is 78.2 Å². The minimum Gasteiger partial charge on any atom is -0.444 e. The van der Waals surface area contributed by atoms with E-state index in [1.807, 2.05) is 20.8 Å². The first-order valence-electron chi connectivity index (χ1n) is 9.21. The van der Waals surface area contributed by atoms with Crippen molar-refractivity contribution < 1.29 is 9.53 Å². The van der Waals surface area contributed by atoms with Crippen LogP contribution in [0.1, 0.15) is 52.0 Å². The molecule has 2 N–H and O–H groups in total. The number of benzene rings is 1. The fraction of sp³-hybridized carbons (Fsp3) is 0.650. The SMILES string of the molecule is CN(C)Cc1cccc(NC2CCC(NC(=O)OC(C)(C)C)CC2)c1. The molecule has 0 atom stereocenters. The number of rotatable bonds is 5. The third-order valence-electron chi connectivity index (χ3n) is 4.24. The molecule has 1 fully saturated rings. The van der Waals surface area contributed by atoms with Gasteiger partial charge in [0.2, 0.25) is 0 Å². The number of hydrogen-bond acceptors (Lipinski definition) is 4. The molecule has 0 heterocycles. The van der Waals surface area contributed by atoms with Crippen molar-refractivity contribution in [3.8, 4) is 0 Å². The molecule has 1 saturated carbocycles. The van der Waals surface area contributed by atoms with E-state index in [1.54, 1.807) is 0 Å². The highest BCUT2D eigenvalue weighted by Gasteiger charge is 2.24. The Kier molecular flexibility index (Phi) is 6.71. The Morgan fingerprint density at radius 3 is 2.40 bits per heavy atom. The minimum absolute atomic E-state index is 0.216. The van der Waals surface area contributed by atoms with Crippen molar-refractivity contribution >= 4 is 11.8 Å². The van der Waals surface area contributed by atoms with E-state index in [0.717, 1.165) is 32.2 Å². The predicted molar refractivity (Wildman–Crippen MR) is 103 cm³/mol. The average Bonchev–Trinajstić information content (AvgIpc) is 2.47. The number of hydrogen-bond donors (Lipinski definition) is 2. The molecule has 5 nitrogen and oxygen atoms in total. The van der Waals surface area contributed by atoms with Gasteiger partial charge in [-0.2, -0.15) is 0 Å². The second-order valence-electron chi connectivity index (χ2n) is 8.28. The molecule has 1 aromatic rings. The van der Waals surface area contributed by atoms with Gasteiger partial charge in [0.05, 0.1) is 0 Å². The van der Waals surface area contributed by atoms with E-state index in [4.69, 9.17) is 4.74 Å². The molecule has 0 radical (unpaired) electrons. The quantitative estimate of drug-likeness (QED) is 0.845. The Morgan fingerprint density at radius 2 is 1.80 bits per heavy atom. The van der Waals surface area contributed by atoms with Crippen LogP contribution in [0.15, 0.2) is 24.3 Å². The smallest absolute Gasteiger partial charge is 0.407 e. The Bertz CT molecular complexity index is 558. The number of alkyl carbamates (subject to hydrolysis) is 1. The van der Waals surface area contributed by atoms with Crippen LogP contribution in [0.4, 0.5) is 10.5 Å². The molecule has 1 aromatic carbocycles. The number of carbonyl (C=O) groups is 1. The zero-order valence-electron chi connectivity index (χ0n) is 16.3. The third kappa shape index (κ3) is 7.34. The van der Waals surface area contributed by atoms with Crippen molar-refractivity contribution in [3.63, 3.8) is 0 Å². The lowest BCUT2D eigenvalue weighted by Crippen LogP contribution is -2.42. The highest BCUT2D eigenvalue weighted by atomic mass is 16.6. The van der Waals surface area contributed by atoms with Crippen molar-refractivity contribution in [2.75, 3.05) is 19.4 Å². The number of anilines is 1. The normalized spacial score (nSPS) is 21.0. The van der Waals surface area contributed by atoms with Gasteiger partial charge in [-0.25, -0.2) is 4.79 Å². The Balaban J connectivity index is 1.78. The van der Waals surface area contributed by atoms with Gasteiger partial charge in [-0.1, -0.05) is 12.1 Å². The van der Waals surface area contributed by atoms with Crippen LogP contribution in [-0.2, 0) is 11.3 Å². The molecule has 0 aliphatic heterocycles. The van der Waals surface area contributed by atoms with E-state index in [2.05, 4.69) is 53.9 Å². The summed E-state index contributed by atoms with van der Waals surface area (Å²) in [7, 11) is 4.16. The van der Waals surface area contributed by atoms with Crippen molar-refractivity contribution in [3.05, 3.63) is 29.8 Å². The molecule has 0 aromatic heterocycles. The van der Waals surface area contributed by atoms with E-state index in [0.29, 0.717) is 6.04 Å². The molecule has 140 valence electrons. The van der Waals surface area contributed by atoms with Crippen LogP contribution >= 0.6 is 0 Å². The maximum absolute atomic E-state index is 11.9. The predicted octanol–water partition coefficient (Wildman–Crippen LogP) is 4.00. The standard InChI is InChI=1S/C20H33N3O2/c1-20(2,3)25-19(24)22-17-11-9-16(10-12-17)21-18-8-6-7-15(13-18)14-23(4)5/h6-8,13,16-17,21H,9-12,14H2,1-5H3,(H,22,24). The van der Waals surface area contributed by atoms with Crippen LogP contribution in [0.25, 0.3) is 0 Å². The van der Waals surface area contributed by atoms with Crippen molar-refractivity contribution in [1.29, 1.82) is 0 Å². The van der Waals surface area contributed by atoms with Crippen LogP contribution in [0.2, 0.25) is 0 Å². The number of amides is 1.